The van der Waals surface area contributed by atoms with Gasteiger partial charge in [-0.15, -0.1) is 10.2 Å². The van der Waals surface area contributed by atoms with Gasteiger partial charge in [-0.2, -0.15) is 0 Å². The van der Waals surface area contributed by atoms with E-state index in [9.17, 15) is 9.59 Å². The highest BCUT2D eigenvalue weighted by atomic mass is 32.2. The molecule has 3 aromatic rings. The van der Waals surface area contributed by atoms with Crippen LogP contribution in [0.25, 0.3) is 5.69 Å². The molecule has 2 heterocycles. The Hall–Kier alpha value is -3.53. The number of amides is 3. The molecular formula is C21H21N5O4S. The number of carbonyl (C=O) groups excluding carboxylic acids is 2. The molecule has 31 heavy (non-hydrogen) atoms. The Bertz CT molecular complexity index is 1130. The van der Waals surface area contributed by atoms with Crippen LogP contribution in [0.2, 0.25) is 0 Å². The number of nitrogens with zero attached hydrogens (tertiary/aromatic N) is 3. The molecule has 1 aromatic heterocycles. The summed E-state index contributed by atoms with van der Waals surface area (Å²) in [4.78, 5) is 24.5. The Labute approximate surface area is 183 Å². The number of benzene rings is 2. The fourth-order valence-electron chi connectivity index (χ4n) is 3.10. The first kappa shape index (κ1) is 20.7. The maximum Gasteiger partial charge on any atom is 0.325 e. The van der Waals surface area contributed by atoms with Crippen molar-refractivity contribution in [3.05, 3.63) is 53.9 Å². The van der Waals surface area contributed by atoms with E-state index in [0.29, 0.717) is 41.4 Å². The monoisotopic (exact) mass is 439 g/mol. The van der Waals surface area contributed by atoms with E-state index in [2.05, 4.69) is 20.8 Å². The minimum absolute atomic E-state index is 0.0125. The van der Waals surface area contributed by atoms with Crippen LogP contribution >= 0.6 is 11.8 Å². The molecule has 0 bridgehead atoms. The zero-order chi connectivity index (χ0) is 21.8. The molecule has 0 spiro atoms. The Kier molecular flexibility index (Phi) is 6.08. The summed E-state index contributed by atoms with van der Waals surface area (Å²) in [5.41, 5.74) is 2.51. The van der Waals surface area contributed by atoms with Crippen molar-refractivity contribution in [2.24, 2.45) is 0 Å². The summed E-state index contributed by atoms with van der Waals surface area (Å²) >= 11 is 1.21. The van der Waals surface area contributed by atoms with Gasteiger partial charge in [0.15, 0.2) is 16.7 Å². The molecule has 4 rings (SSSR count). The summed E-state index contributed by atoms with van der Waals surface area (Å²) in [6, 6.07) is 12.3. The molecule has 0 aliphatic carbocycles. The third-order valence-electron chi connectivity index (χ3n) is 4.54. The van der Waals surface area contributed by atoms with Crippen LogP contribution in [0.15, 0.2) is 47.6 Å². The van der Waals surface area contributed by atoms with E-state index in [4.69, 9.17) is 9.47 Å². The number of rotatable bonds is 5. The molecule has 0 atom stereocenters. The smallest absolute Gasteiger partial charge is 0.325 e. The van der Waals surface area contributed by atoms with Crippen molar-refractivity contribution in [2.45, 2.75) is 19.0 Å². The molecule has 160 valence electrons. The van der Waals surface area contributed by atoms with Crippen LogP contribution in [0.4, 0.5) is 10.5 Å². The van der Waals surface area contributed by atoms with Gasteiger partial charge in [-0.05, 0) is 37.6 Å². The van der Waals surface area contributed by atoms with Crippen molar-refractivity contribution in [3.8, 4) is 17.2 Å². The van der Waals surface area contributed by atoms with E-state index in [1.807, 2.05) is 42.7 Å². The van der Waals surface area contributed by atoms with Crippen LogP contribution in [0, 0.1) is 13.8 Å². The average Bonchev–Trinajstić information content (AvgIpc) is 3.12. The molecule has 0 saturated carbocycles. The molecule has 10 heteroatoms. The van der Waals surface area contributed by atoms with Crippen LogP contribution in [-0.2, 0) is 4.79 Å². The van der Waals surface area contributed by atoms with E-state index in [0.717, 1.165) is 11.3 Å². The van der Waals surface area contributed by atoms with Crippen LogP contribution < -0.4 is 20.1 Å². The van der Waals surface area contributed by atoms with E-state index in [1.165, 1.54) is 11.8 Å². The number of hydrogen-bond donors (Lipinski definition) is 2. The highest BCUT2D eigenvalue weighted by molar-refractivity contribution is 7.99. The number of nitrogens with one attached hydrogen (secondary N) is 2. The molecule has 1 aliphatic rings. The molecule has 2 N–H and O–H groups in total. The highest BCUT2D eigenvalue weighted by Gasteiger charge is 2.17. The second kappa shape index (κ2) is 9.09. The fourth-order valence-corrected chi connectivity index (χ4v) is 3.89. The number of urea groups is 1. The average molecular weight is 439 g/mol. The first-order valence-electron chi connectivity index (χ1n) is 9.62. The number of thioether (sulfide) groups is 1. The number of ether oxygens (including phenoxy) is 2. The Balaban J connectivity index is 1.35. The van der Waals surface area contributed by atoms with Gasteiger partial charge in [0.25, 0.3) is 0 Å². The summed E-state index contributed by atoms with van der Waals surface area (Å²) in [5, 5.41) is 13.8. The van der Waals surface area contributed by atoms with Gasteiger partial charge in [-0.3, -0.25) is 14.7 Å². The fraction of sp³-hybridized carbons (Fsp3) is 0.238. The first-order chi connectivity index (χ1) is 15.0. The van der Waals surface area contributed by atoms with Gasteiger partial charge in [-0.1, -0.05) is 30.0 Å². The second-order valence-electron chi connectivity index (χ2n) is 6.80. The normalized spacial score (nSPS) is 12.3. The minimum atomic E-state index is -0.626. The van der Waals surface area contributed by atoms with Crippen molar-refractivity contribution in [1.82, 2.24) is 20.1 Å². The SMILES string of the molecule is Cc1ccccc1-n1c(C)nnc1SCC(=O)NC(=O)Nc1ccc2c(c1)OCCO2. The minimum Gasteiger partial charge on any atom is -0.486 e. The van der Waals surface area contributed by atoms with E-state index in [1.54, 1.807) is 18.2 Å². The summed E-state index contributed by atoms with van der Waals surface area (Å²) in [5.74, 6) is 1.46. The maximum atomic E-state index is 12.3. The van der Waals surface area contributed by atoms with Crippen molar-refractivity contribution in [2.75, 3.05) is 24.3 Å². The second-order valence-corrected chi connectivity index (χ2v) is 7.74. The standard InChI is InChI=1S/C21H21N5O4S/c1-13-5-3-4-6-16(13)26-14(2)24-25-21(26)31-12-19(27)23-20(28)22-15-7-8-17-18(11-15)30-10-9-29-17/h3-8,11H,9-10,12H2,1-2H3,(H2,22,23,27,28). The molecule has 0 radical (unpaired) electrons. The Morgan fingerprint density at radius 2 is 1.84 bits per heavy atom. The zero-order valence-electron chi connectivity index (χ0n) is 17.0. The molecule has 9 nitrogen and oxygen atoms in total. The van der Waals surface area contributed by atoms with Crippen molar-refractivity contribution >= 4 is 29.4 Å². The third kappa shape index (κ3) is 4.80. The first-order valence-corrected chi connectivity index (χ1v) is 10.6. The Morgan fingerprint density at radius 3 is 2.65 bits per heavy atom. The topological polar surface area (TPSA) is 107 Å². The van der Waals surface area contributed by atoms with E-state index in [-0.39, 0.29) is 5.75 Å². The zero-order valence-corrected chi connectivity index (χ0v) is 17.9. The molecule has 0 saturated heterocycles. The summed E-state index contributed by atoms with van der Waals surface area (Å²) in [7, 11) is 0. The van der Waals surface area contributed by atoms with Gasteiger partial charge in [0.1, 0.15) is 19.0 Å². The molecular weight excluding hydrogens is 418 g/mol. The number of aromatic nitrogens is 3. The number of para-hydroxylation sites is 1. The number of hydrogen-bond acceptors (Lipinski definition) is 7. The lowest BCUT2D eigenvalue weighted by Gasteiger charge is -2.19. The molecule has 3 amide bonds. The van der Waals surface area contributed by atoms with Gasteiger partial charge >= 0.3 is 6.03 Å². The maximum absolute atomic E-state index is 12.3. The lowest BCUT2D eigenvalue weighted by molar-refractivity contribution is -0.117. The third-order valence-corrected chi connectivity index (χ3v) is 5.47. The highest BCUT2D eigenvalue weighted by Crippen LogP contribution is 2.32. The number of anilines is 1. The largest absolute Gasteiger partial charge is 0.486 e. The van der Waals surface area contributed by atoms with E-state index >= 15 is 0 Å². The predicted molar refractivity (Wildman–Crippen MR) is 116 cm³/mol. The molecule has 2 aromatic carbocycles. The number of aryl methyl sites for hydroxylation is 2. The van der Waals surface area contributed by atoms with Crippen LogP contribution in [0.5, 0.6) is 11.5 Å². The Morgan fingerprint density at radius 1 is 1.06 bits per heavy atom. The lowest BCUT2D eigenvalue weighted by atomic mass is 10.2. The predicted octanol–water partition coefficient (Wildman–Crippen LogP) is 3.10. The van der Waals surface area contributed by atoms with E-state index < -0.39 is 11.9 Å². The van der Waals surface area contributed by atoms with Gasteiger partial charge in [0.2, 0.25) is 5.91 Å². The van der Waals surface area contributed by atoms with Crippen LogP contribution in [0.1, 0.15) is 11.4 Å². The summed E-state index contributed by atoms with van der Waals surface area (Å²) in [6.45, 7) is 4.79. The number of carbonyl (C=O) groups is 2. The van der Waals surface area contributed by atoms with Crippen LogP contribution in [0.3, 0.4) is 0 Å². The van der Waals surface area contributed by atoms with Gasteiger partial charge in [0, 0.05) is 11.8 Å². The molecule has 1 aliphatic heterocycles. The van der Waals surface area contributed by atoms with Gasteiger partial charge in [0.05, 0.1) is 11.4 Å². The number of imide groups is 1. The molecule has 0 fully saturated rings. The lowest BCUT2D eigenvalue weighted by Crippen LogP contribution is -2.35. The van der Waals surface area contributed by atoms with Gasteiger partial charge in [-0.25, -0.2) is 4.79 Å². The van der Waals surface area contributed by atoms with Crippen molar-refractivity contribution < 1.29 is 19.1 Å². The number of fused-ring (bicyclic) bond motifs is 1. The quantitative estimate of drug-likeness (QED) is 0.588. The van der Waals surface area contributed by atoms with Crippen molar-refractivity contribution in [1.29, 1.82) is 0 Å². The van der Waals surface area contributed by atoms with Gasteiger partial charge < -0.3 is 14.8 Å². The summed E-state index contributed by atoms with van der Waals surface area (Å²) < 4.78 is 12.8. The van der Waals surface area contributed by atoms with Crippen LogP contribution in [-0.4, -0.2) is 45.7 Å². The molecule has 0 unspecified atom stereocenters. The summed E-state index contributed by atoms with van der Waals surface area (Å²) in [6.07, 6.45) is 0. The van der Waals surface area contributed by atoms with Crippen molar-refractivity contribution in [3.63, 3.8) is 0 Å².